The maximum Gasteiger partial charge on any atom is 0.339 e. The molecule has 0 bridgehead atoms. The molecule has 3 aliphatic rings. The fraction of sp³-hybridized carbons (Fsp3) is 0.457. The van der Waals surface area contributed by atoms with Crippen molar-refractivity contribution in [2.75, 3.05) is 19.8 Å². The van der Waals surface area contributed by atoms with E-state index in [2.05, 4.69) is 43.1 Å². The highest BCUT2D eigenvalue weighted by Gasteiger charge is 2.39. The molecule has 12 heteroatoms. The Kier molecular flexibility index (Phi) is 24.5. The molecule has 0 unspecified atom stereocenters. The van der Waals surface area contributed by atoms with Gasteiger partial charge in [0.1, 0.15) is 11.5 Å². The number of hydrogen-bond acceptors (Lipinski definition) is 12. The monoisotopic (exact) mass is 1110 g/mol. The van der Waals surface area contributed by atoms with Crippen LogP contribution in [-0.4, -0.2) is 61.2 Å². The van der Waals surface area contributed by atoms with Gasteiger partial charge in [0.05, 0.1) is 49.1 Å². The van der Waals surface area contributed by atoms with Crippen LogP contribution in [0.2, 0.25) is 0 Å². The summed E-state index contributed by atoms with van der Waals surface area (Å²) in [5, 5.41) is 0. The van der Waals surface area contributed by atoms with Crippen molar-refractivity contribution in [3.05, 3.63) is 143 Å². The number of carbonyl (C=O) groups is 6. The van der Waals surface area contributed by atoms with Crippen molar-refractivity contribution in [2.45, 2.75) is 160 Å². The van der Waals surface area contributed by atoms with Crippen LogP contribution in [0.15, 0.2) is 110 Å². The Hall–Kier alpha value is -7.88. The van der Waals surface area contributed by atoms with E-state index >= 15 is 0 Å². The Morgan fingerprint density at radius 1 is 0.500 bits per heavy atom. The first-order chi connectivity index (χ1) is 39.9. The third-order valence-electron chi connectivity index (χ3n) is 15.9. The molecule has 0 aromatic heterocycles. The molecular formula is C70H78O12. The zero-order valence-electron chi connectivity index (χ0n) is 47.6. The third-order valence-corrected chi connectivity index (χ3v) is 15.9. The molecule has 0 aliphatic heterocycles. The first kappa shape index (κ1) is 61.7. The first-order valence-electron chi connectivity index (χ1n) is 29.6. The standard InChI is InChI=1S/C70H78O12/c1-4-7-8-9-10-14-49-78-65(72)57-28-32-60(33-29-57)68(75)81-63-40-36-61(37-41-63)69(76)82-70(45-42-54-24-22-53(23-25-54)21-20-52-18-16-51(5-2)17-19-52)46-43-56(44-47-70)55-34-38-62(39-35-55)80-67(74)59-30-26-58(27-31-59)66(73)79-50-15-12-11-13-48-77-64(71)6-3/h2,6,16-19,22-25,34-41,56-60H,3-4,7-15,26-33,43-44,46-50H2,1H3. The molecule has 0 amide bonds. The summed E-state index contributed by atoms with van der Waals surface area (Å²) < 4.78 is 34.1. The average molecular weight is 1110 g/mol. The van der Waals surface area contributed by atoms with Crippen molar-refractivity contribution in [2.24, 2.45) is 23.7 Å². The second kappa shape index (κ2) is 32.5. The van der Waals surface area contributed by atoms with Gasteiger partial charge in [-0.2, -0.15) is 0 Å². The van der Waals surface area contributed by atoms with Gasteiger partial charge in [0.15, 0.2) is 5.60 Å². The first-order valence-corrected chi connectivity index (χ1v) is 29.6. The van der Waals surface area contributed by atoms with Crippen LogP contribution < -0.4 is 9.47 Å². The van der Waals surface area contributed by atoms with E-state index in [0.717, 1.165) is 78.8 Å². The molecule has 4 aromatic rings. The molecule has 0 atom stereocenters. The minimum atomic E-state index is -1.10. The van der Waals surface area contributed by atoms with Gasteiger partial charge in [0, 0.05) is 28.3 Å². The largest absolute Gasteiger partial charge is 0.465 e. The van der Waals surface area contributed by atoms with Gasteiger partial charge in [-0.05, 0) is 211 Å². The summed E-state index contributed by atoms with van der Waals surface area (Å²) in [6.45, 7) is 6.70. The summed E-state index contributed by atoms with van der Waals surface area (Å²) in [5.41, 5.74) is 3.46. The Balaban J connectivity index is 0.906. The number of unbranched alkanes of at least 4 members (excludes halogenated alkanes) is 8. The van der Waals surface area contributed by atoms with Gasteiger partial charge in [-0.15, -0.1) is 6.42 Å². The Labute approximate surface area is 484 Å². The van der Waals surface area contributed by atoms with Gasteiger partial charge >= 0.3 is 35.8 Å². The van der Waals surface area contributed by atoms with Crippen molar-refractivity contribution < 1.29 is 57.2 Å². The lowest BCUT2D eigenvalue weighted by Gasteiger charge is -2.36. The molecule has 0 spiro atoms. The number of terminal acetylenes is 1. The Bertz CT molecular complexity index is 2920. The zero-order chi connectivity index (χ0) is 57.9. The van der Waals surface area contributed by atoms with Crippen molar-refractivity contribution >= 4 is 35.8 Å². The molecule has 82 heavy (non-hydrogen) atoms. The van der Waals surface area contributed by atoms with Crippen LogP contribution in [-0.2, 0) is 42.9 Å². The number of ether oxygens (including phenoxy) is 6. The van der Waals surface area contributed by atoms with E-state index in [-0.39, 0.29) is 53.5 Å². The minimum absolute atomic E-state index is 0.135. The third kappa shape index (κ3) is 19.7. The summed E-state index contributed by atoms with van der Waals surface area (Å²) >= 11 is 0. The summed E-state index contributed by atoms with van der Waals surface area (Å²) in [6, 6.07) is 29.1. The number of benzene rings is 4. The second-order valence-electron chi connectivity index (χ2n) is 21.9. The van der Waals surface area contributed by atoms with Crippen LogP contribution in [0.5, 0.6) is 11.5 Å². The van der Waals surface area contributed by atoms with Crippen LogP contribution in [0.4, 0.5) is 0 Å². The summed E-state index contributed by atoms with van der Waals surface area (Å²) in [6.07, 6.45) is 23.3. The van der Waals surface area contributed by atoms with Gasteiger partial charge in [-0.3, -0.25) is 19.2 Å². The van der Waals surface area contributed by atoms with E-state index in [0.29, 0.717) is 114 Å². The normalized spacial score (nSPS) is 20.1. The van der Waals surface area contributed by atoms with E-state index < -0.39 is 17.5 Å². The Morgan fingerprint density at radius 2 is 0.902 bits per heavy atom. The molecule has 0 radical (unpaired) electrons. The van der Waals surface area contributed by atoms with Gasteiger partial charge < -0.3 is 28.4 Å². The van der Waals surface area contributed by atoms with E-state index in [9.17, 15) is 28.8 Å². The molecule has 3 aliphatic carbocycles. The summed E-state index contributed by atoms with van der Waals surface area (Å²) in [5.74, 6) is 13.4. The van der Waals surface area contributed by atoms with Crippen molar-refractivity contribution in [3.63, 3.8) is 0 Å². The maximum atomic E-state index is 14.0. The van der Waals surface area contributed by atoms with E-state index in [4.69, 9.17) is 34.8 Å². The lowest BCUT2D eigenvalue weighted by atomic mass is 9.76. The molecule has 0 saturated heterocycles. The molecule has 7 rings (SSSR count). The highest BCUT2D eigenvalue weighted by Crippen LogP contribution is 2.41. The van der Waals surface area contributed by atoms with Crippen LogP contribution in [0, 0.1) is 59.7 Å². The fourth-order valence-electron chi connectivity index (χ4n) is 10.8. The average Bonchev–Trinajstić information content (AvgIpc) is 3.71. The minimum Gasteiger partial charge on any atom is -0.465 e. The van der Waals surface area contributed by atoms with E-state index in [1.807, 2.05) is 72.8 Å². The maximum absolute atomic E-state index is 14.0. The topological polar surface area (TPSA) is 158 Å². The molecule has 0 N–H and O–H groups in total. The van der Waals surface area contributed by atoms with Crippen LogP contribution in [0.3, 0.4) is 0 Å². The molecule has 3 fully saturated rings. The van der Waals surface area contributed by atoms with Crippen LogP contribution in [0.25, 0.3) is 0 Å². The van der Waals surface area contributed by atoms with Crippen molar-refractivity contribution in [1.29, 1.82) is 0 Å². The number of hydrogen-bond donors (Lipinski definition) is 0. The highest BCUT2D eigenvalue weighted by molar-refractivity contribution is 5.90. The number of carbonyl (C=O) groups excluding carboxylic acids is 6. The smallest absolute Gasteiger partial charge is 0.339 e. The lowest BCUT2D eigenvalue weighted by Crippen LogP contribution is -2.37. The van der Waals surface area contributed by atoms with E-state index in [1.54, 1.807) is 24.3 Å². The van der Waals surface area contributed by atoms with Gasteiger partial charge in [0.25, 0.3) is 0 Å². The molecular weight excluding hydrogens is 1030 g/mol. The van der Waals surface area contributed by atoms with Gasteiger partial charge in [-0.25, -0.2) is 9.59 Å². The van der Waals surface area contributed by atoms with Crippen LogP contribution >= 0.6 is 0 Å². The molecule has 12 nitrogen and oxygen atoms in total. The van der Waals surface area contributed by atoms with Crippen molar-refractivity contribution in [1.82, 2.24) is 0 Å². The summed E-state index contributed by atoms with van der Waals surface area (Å²) in [4.78, 5) is 77.1. The van der Waals surface area contributed by atoms with Gasteiger partial charge in [-0.1, -0.05) is 81.4 Å². The predicted octanol–water partition coefficient (Wildman–Crippen LogP) is 13.5. The molecule has 430 valence electrons. The lowest BCUT2D eigenvalue weighted by molar-refractivity contribution is -0.152. The highest BCUT2D eigenvalue weighted by atomic mass is 16.6. The van der Waals surface area contributed by atoms with Crippen LogP contribution in [0.1, 0.15) is 192 Å². The summed E-state index contributed by atoms with van der Waals surface area (Å²) in [7, 11) is 0. The van der Waals surface area contributed by atoms with E-state index in [1.165, 1.54) is 19.3 Å². The van der Waals surface area contributed by atoms with Gasteiger partial charge in [0.2, 0.25) is 0 Å². The molecule has 4 aromatic carbocycles. The second-order valence-corrected chi connectivity index (χ2v) is 21.9. The number of rotatable bonds is 24. The Morgan fingerprint density at radius 3 is 1.35 bits per heavy atom. The SMILES string of the molecule is C#Cc1ccc(C#Cc2ccc(C#CC3(OC(=O)c4ccc(OC(=O)C5CCC(C(=O)OCCCCCCCC)CC5)cc4)CCC(c4ccc(OC(=O)C5CCC(C(=O)OCCCCCCOC(=O)C=C)CC5)cc4)CC3)cc2)cc1. The fourth-order valence-corrected chi connectivity index (χ4v) is 10.8. The predicted molar refractivity (Wildman–Crippen MR) is 313 cm³/mol. The molecule has 0 heterocycles. The number of esters is 6. The van der Waals surface area contributed by atoms with Crippen molar-refractivity contribution in [3.8, 4) is 47.5 Å². The molecule has 3 saturated carbocycles. The quantitative estimate of drug-likeness (QED) is 0.0164. The zero-order valence-corrected chi connectivity index (χ0v) is 47.6.